The molecule has 0 bridgehead atoms. The Balaban J connectivity index is 2.47. The van der Waals surface area contributed by atoms with E-state index in [1.165, 1.54) is 0 Å². The van der Waals surface area contributed by atoms with E-state index < -0.39 is 0 Å². The number of nitrogens with zero attached hydrogens (tertiary/aromatic N) is 3. The van der Waals surface area contributed by atoms with Crippen LogP contribution in [0, 0.1) is 0 Å². The van der Waals surface area contributed by atoms with E-state index in [1.807, 2.05) is 4.68 Å². The number of benzene rings is 1. The van der Waals surface area contributed by atoms with Crippen molar-refractivity contribution in [2.45, 2.75) is 26.3 Å². The van der Waals surface area contributed by atoms with Crippen LogP contribution < -0.4 is 0 Å². The minimum Gasteiger partial charge on any atom is -0.506 e. The predicted octanol–water partition coefficient (Wildman–Crippen LogP) is 2.59. The van der Waals surface area contributed by atoms with Gasteiger partial charge in [-0.3, -0.25) is 0 Å². The quantitative estimate of drug-likeness (QED) is 0.874. The summed E-state index contributed by atoms with van der Waals surface area (Å²) in [5.74, 6) is 0.0479. The molecule has 0 aliphatic rings. The van der Waals surface area contributed by atoms with Crippen LogP contribution in [0.15, 0.2) is 12.1 Å². The number of unbranched alkanes of at least 4 members (excludes halogenated alkanes) is 1. The first-order valence-electron chi connectivity index (χ1n) is 4.94. The summed E-state index contributed by atoms with van der Waals surface area (Å²) < 4.78 is 1.81. The molecule has 0 spiro atoms. The molecular weight excluding hydrogens is 214 g/mol. The van der Waals surface area contributed by atoms with E-state index in [0.717, 1.165) is 24.9 Å². The van der Waals surface area contributed by atoms with Crippen LogP contribution in [0.1, 0.15) is 19.8 Å². The Morgan fingerprint density at radius 2 is 2.27 bits per heavy atom. The Hall–Kier alpha value is -1.29. The summed E-state index contributed by atoms with van der Waals surface area (Å²) in [6.45, 7) is 2.95. The van der Waals surface area contributed by atoms with Crippen LogP contribution in [0.25, 0.3) is 11.0 Å². The van der Waals surface area contributed by atoms with Crippen LogP contribution in [0.4, 0.5) is 0 Å². The molecule has 1 aromatic heterocycles. The number of fused-ring (bicyclic) bond motifs is 1. The van der Waals surface area contributed by atoms with Crippen molar-refractivity contribution in [2.75, 3.05) is 0 Å². The van der Waals surface area contributed by atoms with E-state index in [-0.39, 0.29) is 10.8 Å². The third-order valence-electron chi connectivity index (χ3n) is 2.33. The molecule has 0 fully saturated rings. The number of hydrogen-bond donors (Lipinski definition) is 1. The number of aryl methyl sites for hydroxylation is 1. The fourth-order valence-corrected chi connectivity index (χ4v) is 1.66. The largest absolute Gasteiger partial charge is 0.506 e. The van der Waals surface area contributed by atoms with Crippen molar-refractivity contribution in [1.82, 2.24) is 15.0 Å². The van der Waals surface area contributed by atoms with Crippen LogP contribution >= 0.6 is 11.6 Å². The predicted molar refractivity (Wildman–Crippen MR) is 59.1 cm³/mol. The van der Waals surface area contributed by atoms with E-state index in [4.69, 9.17) is 11.6 Å². The first-order chi connectivity index (χ1) is 7.24. The van der Waals surface area contributed by atoms with Gasteiger partial charge in [0.15, 0.2) is 0 Å². The number of phenols is 1. The molecular formula is C10H12ClN3O. The molecule has 0 atom stereocenters. The highest BCUT2D eigenvalue weighted by Gasteiger charge is 2.10. The number of aromatic hydroxyl groups is 1. The second-order valence-electron chi connectivity index (χ2n) is 3.43. The van der Waals surface area contributed by atoms with Crippen molar-refractivity contribution < 1.29 is 5.11 Å². The maximum atomic E-state index is 9.39. The van der Waals surface area contributed by atoms with E-state index in [0.29, 0.717) is 5.52 Å². The molecule has 0 aliphatic carbocycles. The maximum absolute atomic E-state index is 9.39. The van der Waals surface area contributed by atoms with Gasteiger partial charge in [0.05, 0.1) is 5.52 Å². The van der Waals surface area contributed by atoms with Crippen molar-refractivity contribution in [2.24, 2.45) is 0 Å². The summed E-state index contributed by atoms with van der Waals surface area (Å²) in [4.78, 5) is 0. The molecule has 4 nitrogen and oxygen atoms in total. The van der Waals surface area contributed by atoms with Crippen LogP contribution in [-0.2, 0) is 6.54 Å². The molecule has 1 heterocycles. The van der Waals surface area contributed by atoms with E-state index in [1.54, 1.807) is 12.1 Å². The Morgan fingerprint density at radius 3 is 3.00 bits per heavy atom. The Morgan fingerprint density at radius 1 is 1.47 bits per heavy atom. The minimum atomic E-state index is 0.0479. The number of phenolic OH excluding ortho intramolecular Hbond substituents is 1. The number of hydrogen-bond acceptors (Lipinski definition) is 3. The van der Waals surface area contributed by atoms with Crippen molar-refractivity contribution in [3.8, 4) is 5.75 Å². The van der Waals surface area contributed by atoms with Gasteiger partial charge in [0.1, 0.15) is 16.3 Å². The summed E-state index contributed by atoms with van der Waals surface area (Å²) >= 11 is 5.91. The van der Waals surface area contributed by atoms with Crippen LogP contribution in [0.2, 0.25) is 5.02 Å². The number of rotatable bonds is 3. The monoisotopic (exact) mass is 225 g/mol. The third kappa shape index (κ3) is 1.77. The van der Waals surface area contributed by atoms with Gasteiger partial charge in [-0.2, -0.15) is 0 Å². The molecule has 15 heavy (non-hydrogen) atoms. The lowest BCUT2D eigenvalue weighted by Crippen LogP contribution is -1.99. The summed E-state index contributed by atoms with van der Waals surface area (Å²) in [6, 6.07) is 3.35. The van der Waals surface area contributed by atoms with Gasteiger partial charge >= 0.3 is 0 Å². The molecule has 2 aromatic rings. The minimum absolute atomic E-state index is 0.0479. The fraction of sp³-hybridized carbons (Fsp3) is 0.400. The standard InChI is InChI=1S/C10H12ClN3O/c1-2-3-6-14-7-4-5-8(15)9(11)10(7)12-13-14/h4-5,15H,2-3,6H2,1H3. The molecule has 5 heteroatoms. The highest BCUT2D eigenvalue weighted by molar-refractivity contribution is 6.36. The zero-order valence-electron chi connectivity index (χ0n) is 8.44. The van der Waals surface area contributed by atoms with Gasteiger partial charge < -0.3 is 5.11 Å². The van der Waals surface area contributed by atoms with Crippen LogP contribution in [0.5, 0.6) is 5.75 Å². The van der Waals surface area contributed by atoms with Crippen molar-refractivity contribution in [1.29, 1.82) is 0 Å². The molecule has 80 valence electrons. The lowest BCUT2D eigenvalue weighted by Gasteiger charge is -2.01. The summed E-state index contributed by atoms with van der Waals surface area (Å²) in [5.41, 5.74) is 1.43. The van der Waals surface area contributed by atoms with Crippen LogP contribution in [0.3, 0.4) is 0 Å². The lowest BCUT2D eigenvalue weighted by atomic mass is 10.3. The molecule has 0 amide bonds. The molecule has 1 aromatic carbocycles. The Bertz CT molecular complexity index is 481. The Labute approximate surface area is 92.5 Å². The summed E-state index contributed by atoms with van der Waals surface area (Å²) in [6.07, 6.45) is 2.16. The second kappa shape index (κ2) is 4.06. The average Bonchev–Trinajstić information content (AvgIpc) is 2.64. The van der Waals surface area contributed by atoms with E-state index >= 15 is 0 Å². The van der Waals surface area contributed by atoms with Crippen LogP contribution in [-0.4, -0.2) is 20.1 Å². The van der Waals surface area contributed by atoms with Gasteiger partial charge in [-0.05, 0) is 18.6 Å². The van der Waals surface area contributed by atoms with Crippen molar-refractivity contribution >= 4 is 22.6 Å². The fourth-order valence-electron chi connectivity index (χ4n) is 1.47. The highest BCUT2D eigenvalue weighted by Crippen LogP contribution is 2.29. The Kier molecular flexibility index (Phi) is 2.77. The normalized spacial score (nSPS) is 11.1. The molecule has 0 saturated carbocycles. The van der Waals surface area contributed by atoms with Gasteiger partial charge in [-0.1, -0.05) is 30.2 Å². The van der Waals surface area contributed by atoms with Crippen molar-refractivity contribution in [3.05, 3.63) is 17.2 Å². The lowest BCUT2D eigenvalue weighted by molar-refractivity contribution is 0.476. The second-order valence-corrected chi connectivity index (χ2v) is 3.81. The first kappa shape index (κ1) is 10.2. The molecule has 0 radical (unpaired) electrons. The molecule has 0 unspecified atom stereocenters. The first-order valence-corrected chi connectivity index (χ1v) is 5.32. The molecule has 0 aliphatic heterocycles. The highest BCUT2D eigenvalue weighted by atomic mass is 35.5. The van der Waals surface area contributed by atoms with Gasteiger partial charge in [0.2, 0.25) is 0 Å². The number of aromatic nitrogens is 3. The van der Waals surface area contributed by atoms with Gasteiger partial charge in [0, 0.05) is 6.54 Å². The van der Waals surface area contributed by atoms with E-state index in [9.17, 15) is 5.11 Å². The maximum Gasteiger partial charge on any atom is 0.136 e. The topological polar surface area (TPSA) is 50.9 Å². The van der Waals surface area contributed by atoms with Gasteiger partial charge in [0.25, 0.3) is 0 Å². The molecule has 0 saturated heterocycles. The SMILES string of the molecule is CCCCn1nnc2c(Cl)c(O)ccc21. The number of halogens is 1. The third-order valence-corrected chi connectivity index (χ3v) is 2.70. The summed E-state index contributed by atoms with van der Waals surface area (Å²) in [5, 5.41) is 17.6. The van der Waals surface area contributed by atoms with Crippen molar-refractivity contribution in [3.63, 3.8) is 0 Å². The van der Waals surface area contributed by atoms with Gasteiger partial charge in [-0.15, -0.1) is 5.10 Å². The summed E-state index contributed by atoms with van der Waals surface area (Å²) in [7, 11) is 0. The van der Waals surface area contributed by atoms with E-state index in [2.05, 4.69) is 17.2 Å². The van der Waals surface area contributed by atoms with Gasteiger partial charge in [-0.25, -0.2) is 4.68 Å². The zero-order valence-corrected chi connectivity index (χ0v) is 9.20. The molecule has 1 N–H and O–H groups in total. The average molecular weight is 226 g/mol. The zero-order chi connectivity index (χ0) is 10.8. The molecule has 2 rings (SSSR count). The smallest absolute Gasteiger partial charge is 0.136 e.